The van der Waals surface area contributed by atoms with Crippen molar-refractivity contribution in [2.45, 2.75) is 96.7 Å². The monoisotopic (exact) mass is 457 g/mol. The molecule has 3 rings (SSSR count). The molecule has 182 valence electrons. The molecule has 3 nitrogen and oxygen atoms in total. The van der Waals surface area contributed by atoms with Crippen LogP contribution in [-0.2, 0) is 13.1 Å². The number of aromatic nitrogens is 2. The first-order valence-corrected chi connectivity index (χ1v) is 13.5. The fourth-order valence-electron chi connectivity index (χ4n) is 4.74. The molecule has 0 spiro atoms. The predicted octanol–water partition coefficient (Wildman–Crippen LogP) is 8.53. The summed E-state index contributed by atoms with van der Waals surface area (Å²) in [7, 11) is 0. The summed E-state index contributed by atoms with van der Waals surface area (Å²) in [5.41, 5.74) is 3.62. The first-order valence-electron chi connectivity index (χ1n) is 13.5. The maximum absolute atomic E-state index is 4.63. The summed E-state index contributed by atoms with van der Waals surface area (Å²) in [5.74, 6) is 0. The molecule has 2 aromatic heterocycles. The van der Waals surface area contributed by atoms with Crippen LogP contribution >= 0.6 is 0 Å². The van der Waals surface area contributed by atoms with E-state index in [1.807, 2.05) is 24.5 Å². The van der Waals surface area contributed by atoms with Crippen molar-refractivity contribution >= 4 is 0 Å². The molecule has 34 heavy (non-hydrogen) atoms. The molecular formula is C31H43N3. The number of nitrogens with zero attached hydrogens (tertiary/aromatic N) is 3. The molecule has 0 radical (unpaired) electrons. The van der Waals surface area contributed by atoms with E-state index < -0.39 is 0 Å². The van der Waals surface area contributed by atoms with Gasteiger partial charge in [-0.2, -0.15) is 0 Å². The number of unbranched alkanes of at least 4 members (excludes halogenated alkanes) is 9. The smallest absolute Gasteiger partial charge is 0.0544 e. The second kappa shape index (κ2) is 16.2. The topological polar surface area (TPSA) is 29.0 Å². The van der Waals surface area contributed by atoms with E-state index in [1.165, 1.54) is 76.2 Å². The average Bonchev–Trinajstić information content (AvgIpc) is 2.89. The minimum absolute atomic E-state index is 0.360. The van der Waals surface area contributed by atoms with Gasteiger partial charge in [-0.1, -0.05) is 114 Å². The molecule has 0 N–H and O–H groups in total. The van der Waals surface area contributed by atoms with E-state index >= 15 is 0 Å². The molecular weight excluding hydrogens is 414 g/mol. The summed E-state index contributed by atoms with van der Waals surface area (Å²) in [6, 6.07) is 23.8. The Morgan fingerprint density at radius 2 is 1.09 bits per heavy atom. The van der Waals surface area contributed by atoms with Gasteiger partial charge in [0.25, 0.3) is 0 Å². The lowest BCUT2D eigenvalue weighted by Crippen LogP contribution is -2.29. The van der Waals surface area contributed by atoms with Crippen LogP contribution < -0.4 is 0 Å². The van der Waals surface area contributed by atoms with E-state index in [9.17, 15) is 0 Å². The lowest BCUT2D eigenvalue weighted by atomic mass is 9.97. The Kier molecular flexibility index (Phi) is 12.4. The highest BCUT2D eigenvalue weighted by molar-refractivity contribution is 5.20. The van der Waals surface area contributed by atoms with Crippen molar-refractivity contribution in [2.24, 2.45) is 0 Å². The lowest BCUT2D eigenvalue weighted by Gasteiger charge is -2.32. The van der Waals surface area contributed by atoms with Crippen LogP contribution in [0.4, 0.5) is 0 Å². The van der Waals surface area contributed by atoms with E-state index in [2.05, 4.69) is 76.4 Å². The molecule has 3 heteroatoms. The SMILES string of the molecule is CCCCCCCCCCCCC(c1ccccc1)N(Cc1ccccn1)Cc1ccccn1. The van der Waals surface area contributed by atoms with Crippen molar-refractivity contribution < 1.29 is 0 Å². The first kappa shape index (κ1) is 26.1. The highest BCUT2D eigenvalue weighted by atomic mass is 15.2. The summed E-state index contributed by atoms with van der Waals surface area (Å²) in [6.07, 6.45) is 18.7. The molecule has 1 atom stereocenters. The Bertz CT molecular complexity index is 825. The second-order valence-electron chi connectivity index (χ2n) is 9.44. The molecule has 0 bridgehead atoms. The van der Waals surface area contributed by atoms with Crippen molar-refractivity contribution in [1.29, 1.82) is 0 Å². The average molecular weight is 458 g/mol. The van der Waals surface area contributed by atoms with E-state index in [4.69, 9.17) is 0 Å². The summed E-state index contributed by atoms with van der Waals surface area (Å²) in [6.45, 7) is 3.94. The zero-order valence-electron chi connectivity index (χ0n) is 21.1. The third-order valence-corrected chi connectivity index (χ3v) is 6.64. The van der Waals surface area contributed by atoms with E-state index in [0.29, 0.717) is 6.04 Å². The van der Waals surface area contributed by atoms with Crippen molar-refractivity contribution in [1.82, 2.24) is 14.9 Å². The predicted molar refractivity (Wildman–Crippen MR) is 143 cm³/mol. The van der Waals surface area contributed by atoms with Crippen LogP contribution in [0.15, 0.2) is 79.1 Å². The van der Waals surface area contributed by atoms with Crippen molar-refractivity contribution in [3.63, 3.8) is 0 Å². The molecule has 0 aliphatic heterocycles. The molecule has 0 amide bonds. The van der Waals surface area contributed by atoms with Gasteiger partial charge in [0.1, 0.15) is 0 Å². The van der Waals surface area contributed by atoms with Gasteiger partial charge >= 0.3 is 0 Å². The van der Waals surface area contributed by atoms with Gasteiger partial charge in [0, 0.05) is 31.5 Å². The fourth-order valence-corrected chi connectivity index (χ4v) is 4.74. The summed E-state index contributed by atoms with van der Waals surface area (Å²) in [5, 5.41) is 0. The first-order chi connectivity index (χ1) is 16.9. The highest BCUT2D eigenvalue weighted by Gasteiger charge is 2.21. The zero-order chi connectivity index (χ0) is 23.7. The molecule has 0 fully saturated rings. The summed E-state index contributed by atoms with van der Waals surface area (Å²) in [4.78, 5) is 11.8. The van der Waals surface area contributed by atoms with Crippen LogP contribution in [-0.4, -0.2) is 14.9 Å². The second-order valence-corrected chi connectivity index (χ2v) is 9.44. The molecule has 0 saturated carbocycles. The van der Waals surface area contributed by atoms with Crippen molar-refractivity contribution in [2.75, 3.05) is 0 Å². The quantitative estimate of drug-likeness (QED) is 0.190. The van der Waals surface area contributed by atoms with Gasteiger partial charge in [0.05, 0.1) is 11.4 Å². The maximum atomic E-state index is 4.63. The van der Waals surface area contributed by atoms with Gasteiger partial charge in [-0.3, -0.25) is 14.9 Å². The van der Waals surface area contributed by atoms with Crippen molar-refractivity contribution in [3.05, 3.63) is 96.1 Å². The maximum Gasteiger partial charge on any atom is 0.0544 e. The van der Waals surface area contributed by atoms with Crippen LogP contribution in [0.1, 0.15) is 101 Å². The Balaban J connectivity index is 1.60. The van der Waals surface area contributed by atoms with Crippen LogP contribution in [0.5, 0.6) is 0 Å². The third-order valence-electron chi connectivity index (χ3n) is 6.64. The van der Waals surface area contributed by atoms with Gasteiger partial charge in [0.15, 0.2) is 0 Å². The minimum atomic E-state index is 0.360. The fraction of sp³-hybridized carbons (Fsp3) is 0.484. The summed E-state index contributed by atoms with van der Waals surface area (Å²) < 4.78 is 0. The van der Waals surface area contributed by atoms with Crippen LogP contribution in [0, 0.1) is 0 Å². The molecule has 2 heterocycles. The normalized spacial score (nSPS) is 12.2. The van der Waals surface area contributed by atoms with Crippen molar-refractivity contribution in [3.8, 4) is 0 Å². The largest absolute Gasteiger partial charge is 0.285 e. The van der Waals surface area contributed by atoms with E-state index in [0.717, 1.165) is 24.5 Å². The Morgan fingerprint density at radius 3 is 1.59 bits per heavy atom. The Hall–Kier alpha value is -2.52. The number of hydrogen-bond acceptors (Lipinski definition) is 3. The number of pyridine rings is 2. The standard InChI is InChI=1S/C31H43N3/c1-2-3-4-5-6-7-8-9-10-14-23-31(28-19-12-11-13-20-28)34(26-29-21-15-17-24-32-29)27-30-22-16-18-25-33-30/h11-13,15-22,24-25,31H,2-10,14,23,26-27H2,1H3. The van der Waals surface area contributed by atoms with Gasteiger partial charge in [-0.25, -0.2) is 0 Å². The number of benzene rings is 1. The van der Waals surface area contributed by atoms with Gasteiger partial charge in [0.2, 0.25) is 0 Å². The van der Waals surface area contributed by atoms with Gasteiger partial charge < -0.3 is 0 Å². The molecule has 0 aliphatic rings. The van der Waals surface area contributed by atoms with Gasteiger partial charge in [-0.15, -0.1) is 0 Å². The molecule has 0 aliphatic carbocycles. The molecule has 3 aromatic rings. The number of hydrogen-bond donors (Lipinski definition) is 0. The molecule has 0 saturated heterocycles. The van der Waals surface area contributed by atoms with E-state index in [1.54, 1.807) is 0 Å². The minimum Gasteiger partial charge on any atom is -0.285 e. The number of rotatable bonds is 17. The molecule has 1 unspecified atom stereocenters. The summed E-state index contributed by atoms with van der Waals surface area (Å²) >= 11 is 0. The highest BCUT2D eigenvalue weighted by Crippen LogP contribution is 2.30. The van der Waals surface area contributed by atoms with Crippen LogP contribution in [0.2, 0.25) is 0 Å². The van der Waals surface area contributed by atoms with Gasteiger partial charge in [-0.05, 0) is 36.2 Å². The third kappa shape index (κ3) is 9.77. The lowest BCUT2D eigenvalue weighted by molar-refractivity contribution is 0.162. The van der Waals surface area contributed by atoms with Crippen LogP contribution in [0.3, 0.4) is 0 Å². The van der Waals surface area contributed by atoms with E-state index in [-0.39, 0.29) is 0 Å². The van der Waals surface area contributed by atoms with Crippen LogP contribution in [0.25, 0.3) is 0 Å². The Labute approximate surface area is 207 Å². The zero-order valence-corrected chi connectivity index (χ0v) is 21.1. The Morgan fingerprint density at radius 1 is 0.588 bits per heavy atom. The molecule has 1 aromatic carbocycles.